The van der Waals surface area contributed by atoms with Crippen LogP contribution in [0.2, 0.25) is 0 Å². The first kappa shape index (κ1) is 13.6. The Bertz CT molecular complexity index is 726. The summed E-state index contributed by atoms with van der Waals surface area (Å²) in [5, 5.41) is 7.93. The molecule has 21 heavy (non-hydrogen) atoms. The van der Waals surface area contributed by atoms with Crippen LogP contribution in [0.3, 0.4) is 0 Å². The maximum atomic E-state index is 3.47. The van der Waals surface area contributed by atoms with Crippen molar-refractivity contribution in [1.29, 1.82) is 0 Å². The Morgan fingerprint density at radius 2 is 1.76 bits per heavy atom. The van der Waals surface area contributed by atoms with Crippen LogP contribution in [0.1, 0.15) is 11.1 Å². The van der Waals surface area contributed by atoms with Gasteiger partial charge in [0.1, 0.15) is 0 Å². The van der Waals surface area contributed by atoms with Crippen molar-refractivity contribution >= 4 is 22.3 Å². The molecule has 0 saturated carbocycles. The van der Waals surface area contributed by atoms with E-state index in [1.807, 2.05) is 7.05 Å². The van der Waals surface area contributed by atoms with Crippen LogP contribution in [0.15, 0.2) is 48.7 Å². The number of benzene rings is 2. The van der Waals surface area contributed by atoms with Crippen molar-refractivity contribution in [2.24, 2.45) is 0 Å². The Kier molecular flexibility index (Phi) is 3.82. The molecule has 1 aromatic heterocycles. The molecule has 0 spiro atoms. The van der Waals surface area contributed by atoms with Gasteiger partial charge in [0.25, 0.3) is 0 Å². The normalized spacial score (nSPS) is 10.8. The van der Waals surface area contributed by atoms with Crippen molar-refractivity contribution in [2.45, 2.75) is 13.3 Å². The summed E-state index contributed by atoms with van der Waals surface area (Å²) in [4.78, 5) is 3.38. The van der Waals surface area contributed by atoms with Crippen molar-refractivity contribution in [2.75, 3.05) is 24.2 Å². The van der Waals surface area contributed by atoms with Crippen LogP contribution in [0, 0.1) is 6.92 Å². The van der Waals surface area contributed by atoms with Crippen LogP contribution >= 0.6 is 0 Å². The molecule has 0 radical (unpaired) electrons. The molecule has 0 fully saturated rings. The molecule has 3 nitrogen and oxygen atoms in total. The predicted octanol–water partition coefficient (Wildman–Crippen LogP) is 4.17. The highest BCUT2D eigenvalue weighted by molar-refractivity contribution is 5.85. The zero-order chi connectivity index (χ0) is 14.7. The second kappa shape index (κ2) is 5.92. The van der Waals surface area contributed by atoms with Crippen LogP contribution in [-0.4, -0.2) is 18.6 Å². The van der Waals surface area contributed by atoms with Crippen LogP contribution in [0.4, 0.5) is 11.4 Å². The second-order valence-corrected chi connectivity index (χ2v) is 5.32. The Morgan fingerprint density at radius 3 is 2.52 bits per heavy atom. The van der Waals surface area contributed by atoms with Gasteiger partial charge >= 0.3 is 0 Å². The number of anilines is 2. The van der Waals surface area contributed by atoms with E-state index in [9.17, 15) is 0 Å². The number of aromatic amines is 1. The SMILES string of the molecule is CNc1ccc(NCCc2c[nH]c3c(C)cccc23)cc1. The Balaban J connectivity index is 1.65. The smallest absolute Gasteiger partial charge is 0.0486 e. The Hall–Kier alpha value is -2.42. The summed E-state index contributed by atoms with van der Waals surface area (Å²) in [7, 11) is 1.93. The van der Waals surface area contributed by atoms with Crippen molar-refractivity contribution < 1.29 is 0 Å². The van der Waals surface area contributed by atoms with Gasteiger partial charge in [-0.1, -0.05) is 18.2 Å². The third-order valence-electron chi connectivity index (χ3n) is 3.91. The second-order valence-electron chi connectivity index (χ2n) is 5.32. The van der Waals surface area contributed by atoms with Gasteiger partial charge in [-0.15, -0.1) is 0 Å². The molecule has 3 heteroatoms. The fourth-order valence-electron chi connectivity index (χ4n) is 2.67. The van der Waals surface area contributed by atoms with E-state index in [2.05, 4.69) is 71.2 Å². The van der Waals surface area contributed by atoms with Crippen LogP contribution in [-0.2, 0) is 6.42 Å². The Morgan fingerprint density at radius 1 is 1.00 bits per heavy atom. The molecule has 1 heterocycles. The quantitative estimate of drug-likeness (QED) is 0.656. The molecule has 0 bridgehead atoms. The lowest BCUT2D eigenvalue weighted by molar-refractivity contribution is 1.03. The van der Waals surface area contributed by atoms with Crippen molar-refractivity contribution in [3.8, 4) is 0 Å². The number of fused-ring (bicyclic) bond motifs is 1. The van der Waals surface area contributed by atoms with Gasteiger partial charge in [-0.2, -0.15) is 0 Å². The highest BCUT2D eigenvalue weighted by atomic mass is 14.9. The van der Waals surface area contributed by atoms with Gasteiger partial charge in [-0.05, 0) is 48.7 Å². The average Bonchev–Trinajstić information content (AvgIpc) is 2.93. The Labute approximate surface area is 125 Å². The molecular formula is C18H21N3. The lowest BCUT2D eigenvalue weighted by Gasteiger charge is -2.07. The predicted molar refractivity (Wildman–Crippen MR) is 91.2 cm³/mol. The molecule has 3 rings (SSSR count). The summed E-state index contributed by atoms with van der Waals surface area (Å²) in [6.45, 7) is 3.07. The number of rotatable bonds is 5. The van der Waals surface area contributed by atoms with Crippen molar-refractivity contribution in [1.82, 2.24) is 4.98 Å². The molecule has 3 aromatic rings. The molecule has 2 aromatic carbocycles. The number of aromatic nitrogens is 1. The van der Waals surface area contributed by atoms with E-state index >= 15 is 0 Å². The highest BCUT2D eigenvalue weighted by Crippen LogP contribution is 2.21. The van der Waals surface area contributed by atoms with Gasteiger partial charge in [0.05, 0.1) is 0 Å². The minimum Gasteiger partial charge on any atom is -0.388 e. The van der Waals surface area contributed by atoms with E-state index < -0.39 is 0 Å². The van der Waals surface area contributed by atoms with E-state index in [0.29, 0.717) is 0 Å². The van der Waals surface area contributed by atoms with Gasteiger partial charge in [-0.3, -0.25) is 0 Å². The third-order valence-corrected chi connectivity index (χ3v) is 3.91. The van der Waals surface area contributed by atoms with E-state index in [1.165, 1.54) is 22.0 Å². The maximum Gasteiger partial charge on any atom is 0.0486 e. The standard InChI is InChI=1S/C18H21N3/c1-13-4-3-5-17-14(12-21-18(13)17)10-11-20-16-8-6-15(19-2)7-9-16/h3-9,12,19-21H,10-11H2,1-2H3. The number of hydrogen-bond acceptors (Lipinski definition) is 2. The highest BCUT2D eigenvalue weighted by Gasteiger charge is 2.04. The van der Waals surface area contributed by atoms with E-state index in [-0.39, 0.29) is 0 Å². The minimum atomic E-state index is 0.930. The summed E-state index contributed by atoms with van der Waals surface area (Å²) < 4.78 is 0. The number of hydrogen-bond donors (Lipinski definition) is 3. The number of para-hydroxylation sites is 1. The molecule has 3 N–H and O–H groups in total. The average molecular weight is 279 g/mol. The van der Waals surface area contributed by atoms with Gasteiger partial charge in [0.2, 0.25) is 0 Å². The molecule has 0 aliphatic heterocycles. The number of nitrogens with one attached hydrogen (secondary N) is 3. The largest absolute Gasteiger partial charge is 0.388 e. The zero-order valence-corrected chi connectivity index (χ0v) is 12.5. The zero-order valence-electron chi connectivity index (χ0n) is 12.5. The van der Waals surface area contributed by atoms with Crippen molar-refractivity contribution in [3.05, 3.63) is 59.8 Å². The van der Waals surface area contributed by atoms with Gasteiger partial charge in [0.15, 0.2) is 0 Å². The van der Waals surface area contributed by atoms with Gasteiger partial charge in [0, 0.05) is 42.1 Å². The first-order chi connectivity index (χ1) is 10.3. The summed E-state index contributed by atoms with van der Waals surface area (Å²) in [6, 6.07) is 14.8. The molecule has 0 saturated heterocycles. The summed E-state index contributed by atoms with van der Waals surface area (Å²) >= 11 is 0. The van der Waals surface area contributed by atoms with E-state index in [1.54, 1.807) is 0 Å². The van der Waals surface area contributed by atoms with Crippen LogP contribution in [0.5, 0.6) is 0 Å². The molecule has 0 unspecified atom stereocenters. The van der Waals surface area contributed by atoms with Crippen molar-refractivity contribution in [3.63, 3.8) is 0 Å². The molecule has 0 amide bonds. The molecular weight excluding hydrogens is 258 g/mol. The lowest BCUT2D eigenvalue weighted by Crippen LogP contribution is -2.04. The first-order valence-corrected chi connectivity index (χ1v) is 7.35. The fourth-order valence-corrected chi connectivity index (χ4v) is 2.67. The minimum absolute atomic E-state index is 0.930. The lowest BCUT2D eigenvalue weighted by atomic mass is 10.1. The maximum absolute atomic E-state index is 3.47. The monoisotopic (exact) mass is 279 g/mol. The summed E-state index contributed by atoms with van der Waals surface area (Å²) in [6.07, 6.45) is 3.14. The summed E-state index contributed by atoms with van der Waals surface area (Å²) in [5.74, 6) is 0. The van der Waals surface area contributed by atoms with E-state index in [0.717, 1.165) is 24.3 Å². The molecule has 0 aliphatic rings. The summed E-state index contributed by atoms with van der Waals surface area (Å²) in [5.41, 5.74) is 6.21. The first-order valence-electron chi connectivity index (χ1n) is 7.35. The topological polar surface area (TPSA) is 39.8 Å². The molecule has 0 aliphatic carbocycles. The fraction of sp³-hybridized carbons (Fsp3) is 0.222. The van der Waals surface area contributed by atoms with Gasteiger partial charge < -0.3 is 15.6 Å². The number of H-pyrrole nitrogens is 1. The van der Waals surface area contributed by atoms with Crippen LogP contribution in [0.25, 0.3) is 10.9 Å². The molecule has 0 atom stereocenters. The number of aryl methyl sites for hydroxylation is 1. The van der Waals surface area contributed by atoms with Crippen LogP contribution < -0.4 is 10.6 Å². The van der Waals surface area contributed by atoms with E-state index in [4.69, 9.17) is 0 Å². The molecule has 108 valence electrons. The third kappa shape index (κ3) is 2.87. The van der Waals surface area contributed by atoms with Gasteiger partial charge in [-0.25, -0.2) is 0 Å².